The number of hydrogen-bond donors (Lipinski definition) is 2. The molecule has 0 atom stereocenters. The number of aryl methyl sites for hydroxylation is 3. The fourth-order valence-corrected chi connectivity index (χ4v) is 1.59. The summed E-state index contributed by atoms with van der Waals surface area (Å²) in [6.45, 7) is 4.31. The second-order valence-electron chi connectivity index (χ2n) is 3.88. The van der Waals surface area contributed by atoms with E-state index in [1.165, 1.54) is 0 Å². The third kappa shape index (κ3) is 2.72. The van der Waals surface area contributed by atoms with E-state index >= 15 is 0 Å². The van der Waals surface area contributed by atoms with E-state index in [1.54, 1.807) is 10.9 Å². The van der Waals surface area contributed by atoms with Crippen LogP contribution in [0.1, 0.15) is 17.8 Å². The predicted octanol–water partition coefficient (Wildman–Crippen LogP) is 1.25. The SMILES string of the molecule is Cc1n[nH]c(C)c1NC(=O)CCn1cccn1. The Hall–Kier alpha value is -2.11. The van der Waals surface area contributed by atoms with Gasteiger partial charge >= 0.3 is 0 Å². The lowest BCUT2D eigenvalue weighted by atomic mass is 10.3. The highest BCUT2D eigenvalue weighted by molar-refractivity contribution is 5.91. The normalized spacial score (nSPS) is 10.5. The number of anilines is 1. The molecule has 0 aliphatic carbocycles. The van der Waals surface area contributed by atoms with Gasteiger partial charge in [-0.2, -0.15) is 10.2 Å². The molecule has 0 unspecified atom stereocenters. The molecule has 6 nitrogen and oxygen atoms in total. The molecule has 90 valence electrons. The van der Waals surface area contributed by atoms with Gasteiger partial charge in [0.05, 0.1) is 17.1 Å². The Morgan fingerprint density at radius 3 is 2.94 bits per heavy atom. The summed E-state index contributed by atoms with van der Waals surface area (Å²) >= 11 is 0. The number of H-pyrrole nitrogens is 1. The first kappa shape index (κ1) is 11.4. The molecule has 0 bridgehead atoms. The van der Waals surface area contributed by atoms with Gasteiger partial charge in [-0.1, -0.05) is 0 Å². The Labute approximate surface area is 99.0 Å². The Morgan fingerprint density at radius 2 is 2.35 bits per heavy atom. The van der Waals surface area contributed by atoms with Crippen molar-refractivity contribution in [1.82, 2.24) is 20.0 Å². The Balaban J connectivity index is 1.89. The quantitative estimate of drug-likeness (QED) is 0.834. The van der Waals surface area contributed by atoms with E-state index in [1.807, 2.05) is 26.1 Å². The summed E-state index contributed by atoms with van der Waals surface area (Å²) < 4.78 is 1.73. The van der Waals surface area contributed by atoms with E-state index in [2.05, 4.69) is 20.6 Å². The molecule has 0 fully saturated rings. The molecule has 2 aromatic rings. The molecule has 0 aliphatic rings. The molecule has 6 heteroatoms. The highest BCUT2D eigenvalue weighted by Gasteiger charge is 2.09. The van der Waals surface area contributed by atoms with Crippen molar-refractivity contribution in [2.75, 3.05) is 5.32 Å². The van der Waals surface area contributed by atoms with Gasteiger partial charge in [0.25, 0.3) is 0 Å². The first-order chi connectivity index (χ1) is 8.16. The standard InChI is InChI=1S/C11H15N5O/c1-8-11(9(2)15-14-8)13-10(17)4-7-16-6-3-5-12-16/h3,5-6H,4,7H2,1-2H3,(H,13,17)(H,14,15). The number of nitrogens with one attached hydrogen (secondary N) is 2. The summed E-state index contributed by atoms with van der Waals surface area (Å²) in [6.07, 6.45) is 3.93. The van der Waals surface area contributed by atoms with Crippen molar-refractivity contribution >= 4 is 11.6 Å². The van der Waals surface area contributed by atoms with Crippen LogP contribution < -0.4 is 5.32 Å². The van der Waals surface area contributed by atoms with Gasteiger partial charge in [-0.05, 0) is 19.9 Å². The van der Waals surface area contributed by atoms with Crippen LogP contribution in [0.2, 0.25) is 0 Å². The van der Waals surface area contributed by atoms with E-state index in [4.69, 9.17) is 0 Å². The number of rotatable bonds is 4. The third-order valence-electron chi connectivity index (χ3n) is 2.52. The molecule has 1 amide bonds. The topological polar surface area (TPSA) is 75.6 Å². The van der Waals surface area contributed by atoms with Crippen LogP contribution in [0, 0.1) is 13.8 Å². The van der Waals surface area contributed by atoms with Crippen molar-refractivity contribution in [1.29, 1.82) is 0 Å². The van der Waals surface area contributed by atoms with Gasteiger partial charge in [0.2, 0.25) is 5.91 Å². The number of aromatic nitrogens is 4. The van der Waals surface area contributed by atoms with E-state index in [0.717, 1.165) is 17.1 Å². The van der Waals surface area contributed by atoms with Crippen molar-refractivity contribution in [2.45, 2.75) is 26.8 Å². The molecular formula is C11H15N5O. The van der Waals surface area contributed by atoms with Crippen LogP contribution >= 0.6 is 0 Å². The lowest BCUT2D eigenvalue weighted by Crippen LogP contribution is -2.15. The summed E-state index contributed by atoms with van der Waals surface area (Å²) in [5.74, 6) is -0.0342. The summed E-state index contributed by atoms with van der Waals surface area (Å²) in [6, 6.07) is 1.84. The van der Waals surface area contributed by atoms with Gasteiger partial charge < -0.3 is 5.32 Å². The molecule has 0 saturated carbocycles. The number of carbonyl (C=O) groups excluding carboxylic acids is 1. The van der Waals surface area contributed by atoms with Crippen molar-refractivity contribution in [2.24, 2.45) is 0 Å². The summed E-state index contributed by atoms with van der Waals surface area (Å²) in [7, 11) is 0. The molecule has 2 rings (SSSR count). The molecule has 0 aromatic carbocycles. The molecule has 2 heterocycles. The second kappa shape index (κ2) is 4.82. The molecule has 2 aromatic heterocycles. The lowest BCUT2D eigenvalue weighted by Gasteiger charge is -2.05. The van der Waals surface area contributed by atoms with Crippen LogP contribution in [0.3, 0.4) is 0 Å². The van der Waals surface area contributed by atoms with Crippen molar-refractivity contribution in [3.05, 3.63) is 29.8 Å². The summed E-state index contributed by atoms with van der Waals surface area (Å²) in [4.78, 5) is 11.7. The zero-order chi connectivity index (χ0) is 12.3. The Bertz CT molecular complexity index is 480. The average Bonchev–Trinajstić information content (AvgIpc) is 2.91. The maximum Gasteiger partial charge on any atom is 0.226 e. The third-order valence-corrected chi connectivity index (χ3v) is 2.52. The lowest BCUT2D eigenvalue weighted by molar-refractivity contribution is -0.116. The number of carbonyl (C=O) groups is 1. The van der Waals surface area contributed by atoms with Crippen molar-refractivity contribution < 1.29 is 4.79 Å². The van der Waals surface area contributed by atoms with Crippen LogP contribution in [0.4, 0.5) is 5.69 Å². The van der Waals surface area contributed by atoms with Crippen molar-refractivity contribution in [3.63, 3.8) is 0 Å². The molecule has 2 N–H and O–H groups in total. The monoisotopic (exact) mass is 233 g/mol. The molecule has 0 spiro atoms. The first-order valence-electron chi connectivity index (χ1n) is 5.45. The number of aromatic amines is 1. The van der Waals surface area contributed by atoms with Gasteiger partial charge in [-0.15, -0.1) is 0 Å². The zero-order valence-electron chi connectivity index (χ0n) is 9.90. The minimum absolute atomic E-state index is 0.0342. The maximum absolute atomic E-state index is 11.7. The number of amides is 1. The molecular weight excluding hydrogens is 218 g/mol. The largest absolute Gasteiger partial charge is 0.323 e. The summed E-state index contributed by atoms with van der Waals surface area (Å²) in [5.41, 5.74) is 2.44. The minimum atomic E-state index is -0.0342. The van der Waals surface area contributed by atoms with Crippen LogP contribution in [0.5, 0.6) is 0 Å². The van der Waals surface area contributed by atoms with Crippen LogP contribution in [-0.2, 0) is 11.3 Å². The zero-order valence-corrected chi connectivity index (χ0v) is 9.90. The van der Waals surface area contributed by atoms with Gasteiger partial charge in [0.15, 0.2) is 0 Å². The predicted molar refractivity (Wildman–Crippen MR) is 63.5 cm³/mol. The van der Waals surface area contributed by atoms with E-state index < -0.39 is 0 Å². The molecule has 17 heavy (non-hydrogen) atoms. The second-order valence-corrected chi connectivity index (χ2v) is 3.88. The van der Waals surface area contributed by atoms with E-state index in [9.17, 15) is 4.79 Å². The van der Waals surface area contributed by atoms with E-state index in [-0.39, 0.29) is 5.91 Å². The number of hydrogen-bond acceptors (Lipinski definition) is 3. The van der Waals surface area contributed by atoms with Crippen LogP contribution in [0.15, 0.2) is 18.5 Å². The fraction of sp³-hybridized carbons (Fsp3) is 0.364. The van der Waals surface area contributed by atoms with Gasteiger partial charge in [-0.3, -0.25) is 14.6 Å². The van der Waals surface area contributed by atoms with Gasteiger partial charge in [-0.25, -0.2) is 0 Å². The molecule has 0 aliphatic heterocycles. The van der Waals surface area contributed by atoms with E-state index in [0.29, 0.717) is 13.0 Å². The smallest absolute Gasteiger partial charge is 0.226 e. The fourth-order valence-electron chi connectivity index (χ4n) is 1.59. The highest BCUT2D eigenvalue weighted by Crippen LogP contribution is 2.16. The van der Waals surface area contributed by atoms with Crippen LogP contribution in [0.25, 0.3) is 0 Å². The minimum Gasteiger partial charge on any atom is -0.323 e. The molecule has 0 radical (unpaired) electrons. The molecule has 0 saturated heterocycles. The summed E-state index contributed by atoms with van der Waals surface area (Å²) in [5, 5.41) is 13.7. The number of nitrogens with zero attached hydrogens (tertiary/aromatic N) is 3. The Kier molecular flexibility index (Phi) is 3.22. The van der Waals surface area contributed by atoms with Crippen molar-refractivity contribution in [3.8, 4) is 0 Å². The van der Waals surface area contributed by atoms with Gasteiger partial charge in [0, 0.05) is 25.4 Å². The highest BCUT2D eigenvalue weighted by atomic mass is 16.1. The Morgan fingerprint density at radius 1 is 1.53 bits per heavy atom. The van der Waals surface area contributed by atoms with Gasteiger partial charge in [0.1, 0.15) is 0 Å². The first-order valence-corrected chi connectivity index (χ1v) is 5.45. The van der Waals surface area contributed by atoms with Crippen LogP contribution in [-0.4, -0.2) is 25.9 Å². The maximum atomic E-state index is 11.7. The average molecular weight is 233 g/mol.